The topological polar surface area (TPSA) is 97.2 Å². The van der Waals surface area contributed by atoms with Crippen LogP contribution in [-0.2, 0) is 0 Å². The molecular weight excluding hydrogens is 248 g/mol. The Kier molecular flexibility index (Phi) is 3.37. The predicted octanol–water partition coefficient (Wildman–Crippen LogP) is 1.56. The van der Waals surface area contributed by atoms with Crippen molar-refractivity contribution in [1.82, 2.24) is 10.3 Å². The molecule has 1 aliphatic carbocycles. The summed E-state index contributed by atoms with van der Waals surface area (Å²) in [5.41, 5.74) is 0.187. The molecule has 1 fully saturated rings. The van der Waals surface area contributed by atoms with E-state index in [1.54, 1.807) is 7.05 Å². The van der Waals surface area contributed by atoms with Crippen molar-refractivity contribution in [1.29, 1.82) is 0 Å². The Hall–Kier alpha value is -2.18. The van der Waals surface area contributed by atoms with Gasteiger partial charge in [-0.25, -0.2) is 4.98 Å². The molecule has 0 atom stereocenters. The number of nitrogens with zero attached hydrogens (tertiary/aromatic N) is 2. The third kappa shape index (κ3) is 2.98. The predicted molar refractivity (Wildman–Crippen MR) is 70.1 cm³/mol. The number of rotatable bonds is 5. The molecule has 19 heavy (non-hydrogen) atoms. The lowest BCUT2D eigenvalue weighted by molar-refractivity contribution is -0.385. The number of nitrogens with one attached hydrogen (secondary N) is 2. The highest BCUT2D eigenvalue weighted by Crippen LogP contribution is 2.44. The molecule has 1 aromatic heterocycles. The summed E-state index contributed by atoms with van der Waals surface area (Å²) in [4.78, 5) is 26.1. The van der Waals surface area contributed by atoms with Crippen molar-refractivity contribution in [3.8, 4) is 0 Å². The maximum atomic E-state index is 12.1. The van der Waals surface area contributed by atoms with E-state index in [2.05, 4.69) is 22.5 Å². The van der Waals surface area contributed by atoms with Gasteiger partial charge >= 0.3 is 0 Å². The van der Waals surface area contributed by atoms with E-state index in [1.165, 1.54) is 6.07 Å². The molecule has 1 aromatic rings. The average molecular weight is 264 g/mol. The van der Waals surface area contributed by atoms with E-state index in [0.717, 1.165) is 19.0 Å². The molecule has 1 amide bonds. The van der Waals surface area contributed by atoms with Crippen molar-refractivity contribution >= 4 is 17.4 Å². The van der Waals surface area contributed by atoms with Crippen LogP contribution in [0.1, 0.15) is 30.1 Å². The zero-order valence-corrected chi connectivity index (χ0v) is 10.9. The third-order valence-electron chi connectivity index (χ3n) is 3.34. The molecule has 1 heterocycles. The number of carbonyl (C=O) groups is 1. The lowest BCUT2D eigenvalue weighted by Gasteiger charge is -2.11. The fourth-order valence-electron chi connectivity index (χ4n) is 1.70. The van der Waals surface area contributed by atoms with Gasteiger partial charge in [-0.15, -0.1) is 0 Å². The Morgan fingerprint density at radius 1 is 1.58 bits per heavy atom. The zero-order valence-electron chi connectivity index (χ0n) is 10.9. The first-order valence-electron chi connectivity index (χ1n) is 6.05. The van der Waals surface area contributed by atoms with Gasteiger partial charge in [0.25, 0.3) is 11.6 Å². The smallest absolute Gasteiger partial charge is 0.288 e. The number of hydrogen-bond acceptors (Lipinski definition) is 5. The van der Waals surface area contributed by atoms with Gasteiger partial charge in [-0.2, -0.15) is 0 Å². The van der Waals surface area contributed by atoms with Crippen LogP contribution < -0.4 is 10.6 Å². The van der Waals surface area contributed by atoms with Crippen LogP contribution >= 0.6 is 0 Å². The van der Waals surface area contributed by atoms with Gasteiger partial charge in [0.2, 0.25) is 0 Å². The fraction of sp³-hybridized carbons (Fsp3) is 0.500. The van der Waals surface area contributed by atoms with E-state index < -0.39 is 4.92 Å². The van der Waals surface area contributed by atoms with Gasteiger partial charge in [0.15, 0.2) is 0 Å². The van der Waals surface area contributed by atoms with Gasteiger partial charge in [0, 0.05) is 19.7 Å². The molecule has 0 radical (unpaired) electrons. The average Bonchev–Trinajstić information content (AvgIpc) is 3.13. The molecule has 0 spiro atoms. The molecule has 102 valence electrons. The maximum Gasteiger partial charge on any atom is 0.288 e. The number of carbonyl (C=O) groups excluding carboxylic acids is 1. The Morgan fingerprint density at radius 3 is 2.79 bits per heavy atom. The molecule has 0 bridgehead atoms. The lowest BCUT2D eigenvalue weighted by atomic mass is 10.1. The van der Waals surface area contributed by atoms with Crippen molar-refractivity contribution < 1.29 is 9.72 Å². The molecule has 0 aromatic carbocycles. The first kappa shape index (κ1) is 13.3. The Bertz CT molecular complexity index is 526. The third-order valence-corrected chi connectivity index (χ3v) is 3.34. The van der Waals surface area contributed by atoms with Crippen LogP contribution in [0, 0.1) is 15.5 Å². The summed E-state index contributed by atoms with van der Waals surface area (Å²) in [6, 6.07) is 1.24. The fourth-order valence-corrected chi connectivity index (χ4v) is 1.70. The Balaban J connectivity index is 2.17. The first-order chi connectivity index (χ1) is 8.95. The number of hydrogen-bond donors (Lipinski definition) is 2. The minimum Gasteiger partial charge on any atom is -0.372 e. The number of anilines is 1. The van der Waals surface area contributed by atoms with E-state index in [4.69, 9.17) is 0 Å². The molecule has 2 N–H and O–H groups in total. The summed E-state index contributed by atoms with van der Waals surface area (Å²) < 4.78 is 0. The van der Waals surface area contributed by atoms with Gasteiger partial charge < -0.3 is 10.6 Å². The molecule has 7 nitrogen and oxygen atoms in total. The normalized spacial score (nSPS) is 15.7. The van der Waals surface area contributed by atoms with Gasteiger partial charge in [-0.05, 0) is 18.3 Å². The summed E-state index contributed by atoms with van der Waals surface area (Å²) in [6.07, 6.45) is 3.32. The highest BCUT2D eigenvalue weighted by Gasteiger charge is 2.37. The SMILES string of the molecule is CNc1ncc([N+](=O)[O-])cc1C(=O)NCC1(C)CC1. The van der Waals surface area contributed by atoms with Crippen LogP contribution in [-0.4, -0.2) is 29.4 Å². The molecule has 0 unspecified atom stereocenters. The first-order valence-corrected chi connectivity index (χ1v) is 6.05. The van der Waals surface area contributed by atoms with E-state index in [9.17, 15) is 14.9 Å². The Morgan fingerprint density at radius 2 is 2.26 bits per heavy atom. The van der Waals surface area contributed by atoms with E-state index in [1.807, 2.05) is 0 Å². The van der Waals surface area contributed by atoms with Crippen LogP contribution in [0.2, 0.25) is 0 Å². The van der Waals surface area contributed by atoms with Crippen molar-refractivity contribution in [2.24, 2.45) is 5.41 Å². The largest absolute Gasteiger partial charge is 0.372 e. The number of pyridine rings is 1. The number of aromatic nitrogens is 1. The van der Waals surface area contributed by atoms with Gasteiger partial charge in [0.1, 0.15) is 12.0 Å². The standard InChI is InChI=1S/C12H16N4O3/c1-12(3-4-12)7-15-11(17)9-5-8(16(18)19)6-14-10(9)13-2/h5-6H,3-4,7H2,1-2H3,(H,13,14)(H,15,17). The van der Waals surface area contributed by atoms with Gasteiger partial charge in [-0.3, -0.25) is 14.9 Å². The number of amides is 1. The second-order valence-corrected chi connectivity index (χ2v) is 5.09. The van der Waals surface area contributed by atoms with Gasteiger partial charge in [-0.1, -0.05) is 6.92 Å². The quantitative estimate of drug-likeness (QED) is 0.621. The molecular formula is C12H16N4O3. The Labute approximate surface area is 110 Å². The molecule has 2 rings (SSSR count). The second kappa shape index (κ2) is 4.83. The zero-order chi connectivity index (χ0) is 14.0. The van der Waals surface area contributed by atoms with Crippen molar-refractivity contribution in [3.63, 3.8) is 0 Å². The van der Waals surface area contributed by atoms with E-state index in [-0.39, 0.29) is 22.6 Å². The minimum absolute atomic E-state index is 0.184. The lowest BCUT2D eigenvalue weighted by Crippen LogP contribution is -2.29. The summed E-state index contributed by atoms with van der Waals surface area (Å²) in [6.45, 7) is 2.68. The summed E-state index contributed by atoms with van der Waals surface area (Å²) in [7, 11) is 1.62. The molecule has 0 saturated heterocycles. The van der Waals surface area contributed by atoms with Crippen LogP contribution in [0.25, 0.3) is 0 Å². The second-order valence-electron chi connectivity index (χ2n) is 5.09. The molecule has 7 heteroatoms. The summed E-state index contributed by atoms with van der Waals surface area (Å²) >= 11 is 0. The van der Waals surface area contributed by atoms with Crippen LogP contribution in [0.5, 0.6) is 0 Å². The van der Waals surface area contributed by atoms with Crippen molar-refractivity contribution in [3.05, 3.63) is 27.9 Å². The van der Waals surface area contributed by atoms with Crippen LogP contribution in [0.3, 0.4) is 0 Å². The van der Waals surface area contributed by atoms with E-state index in [0.29, 0.717) is 12.4 Å². The van der Waals surface area contributed by atoms with Crippen molar-refractivity contribution in [2.75, 3.05) is 18.9 Å². The summed E-state index contributed by atoms with van der Waals surface area (Å²) in [5.74, 6) is -0.00211. The van der Waals surface area contributed by atoms with Gasteiger partial charge in [0.05, 0.1) is 10.5 Å². The highest BCUT2D eigenvalue weighted by atomic mass is 16.6. The van der Waals surface area contributed by atoms with Crippen LogP contribution in [0.4, 0.5) is 11.5 Å². The maximum absolute atomic E-state index is 12.1. The molecule has 1 aliphatic rings. The molecule has 0 aliphatic heterocycles. The highest BCUT2D eigenvalue weighted by molar-refractivity contribution is 5.99. The molecule has 1 saturated carbocycles. The summed E-state index contributed by atoms with van der Waals surface area (Å²) in [5, 5.41) is 16.3. The minimum atomic E-state index is -0.564. The van der Waals surface area contributed by atoms with Crippen LogP contribution in [0.15, 0.2) is 12.3 Å². The van der Waals surface area contributed by atoms with Crippen molar-refractivity contribution in [2.45, 2.75) is 19.8 Å². The number of nitro groups is 1. The van der Waals surface area contributed by atoms with E-state index >= 15 is 0 Å². The monoisotopic (exact) mass is 264 g/mol.